The van der Waals surface area contributed by atoms with Crippen LogP contribution in [0.2, 0.25) is 0 Å². The van der Waals surface area contributed by atoms with Crippen LogP contribution in [-0.2, 0) is 0 Å². The van der Waals surface area contributed by atoms with Crippen LogP contribution in [0.4, 0.5) is 17.1 Å². The molecule has 2 aromatic carbocycles. The Morgan fingerprint density at radius 1 is 1.16 bits per heavy atom. The second kappa shape index (κ2) is 5.32. The molecule has 0 bridgehead atoms. The zero-order valence-corrected chi connectivity index (χ0v) is 10.9. The lowest BCUT2D eigenvalue weighted by Crippen LogP contribution is -1.98. The average molecular weight is 253 g/mol. The Bertz CT molecular complexity index is 644. The molecule has 0 aliphatic rings. The van der Waals surface area contributed by atoms with Crippen molar-refractivity contribution in [3.63, 3.8) is 0 Å². The molecule has 2 rings (SSSR count). The molecule has 19 heavy (non-hydrogen) atoms. The van der Waals surface area contributed by atoms with E-state index in [0.717, 1.165) is 22.7 Å². The lowest BCUT2D eigenvalue weighted by Gasteiger charge is -2.12. The number of rotatable bonds is 3. The zero-order chi connectivity index (χ0) is 13.8. The number of nitrogens with two attached hydrogens (primary N) is 1. The molecule has 3 N–H and O–H groups in total. The minimum atomic E-state index is 0.550. The standard InChI is InChI=1S/C15H15N3O/c1-10-7-12(19-2)4-6-14(10)18-15-5-3-11(9-16)8-13(15)17/h3-8,18H,17H2,1-2H3. The smallest absolute Gasteiger partial charge is 0.119 e. The molecule has 0 radical (unpaired) electrons. The van der Waals surface area contributed by atoms with E-state index in [-0.39, 0.29) is 0 Å². The quantitative estimate of drug-likeness (QED) is 0.824. The van der Waals surface area contributed by atoms with Crippen molar-refractivity contribution in [1.82, 2.24) is 0 Å². The predicted octanol–water partition coefficient (Wildman–Crippen LogP) is 3.20. The zero-order valence-electron chi connectivity index (χ0n) is 10.9. The summed E-state index contributed by atoms with van der Waals surface area (Å²) in [5.41, 5.74) is 9.81. The summed E-state index contributed by atoms with van der Waals surface area (Å²) in [6, 6.07) is 13.0. The van der Waals surface area contributed by atoms with Gasteiger partial charge in [0, 0.05) is 5.69 Å². The number of benzene rings is 2. The predicted molar refractivity (Wildman–Crippen MR) is 76.6 cm³/mol. The Morgan fingerprint density at radius 3 is 2.47 bits per heavy atom. The summed E-state index contributed by atoms with van der Waals surface area (Å²) in [5, 5.41) is 12.1. The van der Waals surface area contributed by atoms with Crippen LogP contribution in [-0.4, -0.2) is 7.11 Å². The molecule has 0 saturated heterocycles. The molecule has 0 unspecified atom stereocenters. The third-order valence-corrected chi connectivity index (χ3v) is 2.88. The first kappa shape index (κ1) is 12.8. The topological polar surface area (TPSA) is 71.1 Å². The summed E-state index contributed by atoms with van der Waals surface area (Å²) in [6.45, 7) is 1.99. The lowest BCUT2D eigenvalue weighted by molar-refractivity contribution is 0.414. The SMILES string of the molecule is COc1ccc(Nc2ccc(C#N)cc2N)c(C)c1. The van der Waals surface area contributed by atoms with E-state index < -0.39 is 0 Å². The molecule has 0 aromatic heterocycles. The Kier molecular flexibility index (Phi) is 3.58. The highest BCUT2D eigenvalue weighted by molar-refractivity contribution is 5.75. The fourth-order valence-electron chi connectivity index (χ4n) is 1.79. The van der Waals surface area contributed by atoms with Gasteiger partial charge in [-0.2, -0.15) is 5.26 Å². The molecule has 0 saturated carbocycles. The average Bonchev–Trinajstić information content (AvgIpc) is 2.42. The molecule has 0 amide bonds. The summed E-state index contributed by atoms with van der Waals surface area (Å²) >= 11 is 0. The van der Waals surface area contributed by atoms with E-state index in [4.69, 9.17) is 15.7 Å². The van der Waals surface area contributed by atoms with Gasteiger partial charge in [-0.1, -0.05) is 0 Å². The number of nitriles is 1. The van der Waals surface area contributed by atoms with Crippen molar-refractivity contribution in [2.75, 3.05) is 18.2 Å². The van der Waals surface area contributed by atoms with Crippen LogP contribution in [0.3, 0.4) is 0 Å². The van der Waals surface area contributed by atoms with Crippen molar-refractivity contribution in [3.8, 4) is 11.8 Å². The van der Waals surface area contributed by atoms with E-state index in [1.807, 2.05) is 25.1 Å². The molecule has 0 atom stereocenters. The van der Waals surface area contributed by atoms with Crippen molar-refractivity contribution in [2.24, 2.45) is 0 Å². The van der Waals surface area contributed by atoms with E-state index in [2.05, 4.69) is 11.4 Å². The number of ether oxygens (including phenoxy) is 1. The van der Waals surface area contributed by atoms with Crippen LogP contribution in [0.5, 0.6) is 5.75 Å². The third-order valence-electron chi connectivity index (χ3n) is 2.88. The van der Waals surface area contributed by atoms with Crippen LogP contribution >= 0.6 is 0 Å². The molecule has 0 aliphatic carbocycles. The van der Waals surface area contributed by atoms with Gasteiger partial charge in [0.25, 0.3) is 0 Å². The number of hydrogen-bond acceptors (Lipinski definition) is 4. The van der Waals surface area contributed by atoms with Gasteiger partial charge in [0.2, 0.25) is 0 Å². The second-order valence-electron chi connectivity index (χ2n) is 4.22. The second-order valence-corrected chi connectivity index (χ2v) is 4.22. The minimum absolute atomic E-state index is 0.550. The molecule has 0 spiro atoms. The number of methoxy groups -OCH3 is 1. The molecular formula is C15H15N3O. The van der Waals surface area contributed by atoms with E-state index in [1.54, 1.807) is 25.3 Å². The van der Waals surface area contributed by atoms with Gasteiger partial charge in [-0.15, -0.1) is 0 Å². The number of nitrogens with one attached hydrogen (secondary N) is 1. The van der Waals surface area contributed by atoms with Crippen molar-refractivity contribution in [1.29, 1.82) is 5.26 Å². The van der Waals surface area contributed by atoms with Crippen LogP contribution in [0.1, 0.15) is 11.1 Å². The maximum absolute atomic E-state index is 8.80. The fraction of sp³-hybridized carbons (Fsp3) is 0.133. The minimum Gasteiger partial charge on any atom is -0.497 e. The third kappa shape index (κ3) is 2.78. The first-order valence-corrected chi connectivity index (χ1v) is 5.85. The Labute approximate surface area is 112 Å². The summed E-state index contributed by atoms with van der Waals surface area (Å²) in [4.78, 5) is 0. The Hall–Kier alpha value is -2.67. The highest BCUT2D eigenvalue weighted by atomic mass is 16.5. The van der Waals surface area contributed by atoms with Crippen LogP contribution < -0.4 is 15.8 Å². The highest BCUT2D eigenvalue weighted by Gasteiger charge is 2.04. The van der Waals surface area contributed by atoms with E-state index >= 15 is 0 Å². The summed E-state index contributed by atoms with van der Waals surface area (Å²) in [6.07, 6.45) is 0. The van der Waals surface area contributed by atoms with Crippen LogP contribution in [0, 0.1) is 18.3 Å². The molecule has 2 aromatic rings. The monoisotopic (exact) mass is 253 g/mol. The van der Waals surface area contributed by atoms with E-state index in [1.165, 1.54) is 0 Å². The first-order chi connectivity index (χ1) is 9.13. The summed E-state index contributed by atoms with van der Waals surface area (Å²) < 4.78 is 5.17. The van der Waals surface area contributed by atoms with E-state index in [0.29, 0.717) is 11.3 Å². The maximum atomic E-state index is 8.80. The van der Waals surface area contributed by atoms with Crippen molar-refractivity contribution < 1.29 is 4.74 Å². The van der Waals surface area contributed by atoms with Gasteiger partial charge >= 0.3 is 0 Å². The van der Waals surface area contributed by atoms with Crippen LogP contribution in [0.15, 0.2) is 36.4 Å². The number of nitrogens with zero attached hydrogens (tertiary/aromatic N) is 1. The van der Waals surface area contributed by atoms with Crippen molar-refractivity contribution >= 4 is 17.1 Å². The summed E-state index contributed by atoms with van der Waals surface area (Å²) in [5.74, 6) is 0.816. The van der Waals surface area contributed by atoms with Crippen molar-refractivity contribution in [3.05, 3.63) is 47.5 Å². The normalized spacial score (nSPS) is 9.74. The Balaban J connectivity index is 2.29. The molecule has 0 aliphatic heterocycles. The molecule has 0 heterocycles. The first-order valence-electron chi connectivity index (χ1n) is 5.85. The van der Waals surface area contributed by atoms with Gasteiger partial charge in [0.15, 0.2) is 0 Å². The lowest BCUT2D eigenvalue weighted by atomic mass is 10.1. The summed E-state index contributed by atoms with van der Waals surface area (Å²) in [7, 11) is 1.64. The number of aryl methyl sites for hydroxylation is 1. The molecule has 96 valence electrons. The largest absolute Gasteiger partial charge is 0.497 e. The molecule has 4 heteroatoms. The van der Waals surface area contributed by atoms with E-state index in [9.17, 15) is 0 Å². The fourth-order valence-corrected chi connectivity index (χ4v) is 1.79. The number of hydrogen-bond donors (Lipinski definition) is 2. The van der Waals surface area contributed by atoms with Gasteiger partial charge in [-0.05, 0) is 48.9 Å². The van der Waals surface area contributed by atoms with Gasteiger partial charge in [-0.3, -0.25) is 0 Å². The van der Waals surface area contributed by atoms with Gasteiger partial charge < -0.3 is 15.8 Å². The van der Waals surface area contributed by atoms with Crippen molar-refractivity contribution in [2.45, 2.75) is 6.92 Å². The highest BCUT2D eigenvalue weighted by Crippen LogP contribution is 2.28. The molecular weight excluding hydrogens is 238 g/mol. The van der Waals surface area contributed by atoms with Gasteiger partial charge in [0.1, 0.15) is 5.75 Å². The molecule has 0 fully saturated rings. The Morgan fingerprint density at radius 2 is 1.89 bits per heavy atom. The number of anilines is 3. The van der Waals surface area contributed by atoms with Crippen LogP contribution in [0.25, 0.3) is 0 Å². The maximum Gasteiger partial charge on any atom is 0.119 e. The number of nitrogen functional groups attached to an aromatic ring is 1. The van der Waals surface area contributed by atoms with Gasteiger partial charge in [0.05, 0.1) is 30.1 Å². The van der Waals surface area contributed by atoms with Gasteiger partial charge in [-0.25, -0.2) is 0 Å². The molecule has 4 nitrogen and oxygen atoms in total.